The highest BCUT2D eigenvalue weighted by Gasteiger charge is 2.14. The Morgan fingerprint density at radius 3 is 2.73 bits per heavy atom. The summed E-state index contributed by atoms with van der Waals surface area (Å²) in [4.78, 5) is 16.1. The van der Waals surface area contributed by atoms with E-state index in [0.29, 0.717) is 41.5 Å². The van der Waals surface area contributed by atoms with Crippen LogP contribution in [0.25, 0.3) is 11.5 Å². The largest absolute Gasteiger partial charge is 0.486 e. The van der Waals surface area contributed by atoms with E-state index in [1.54, 1.807) is 42.7 Å². The molecule has 2 aromatic heterocycles. The van der Waals surface area contributed by atoms with E-state index in [2.05, 4.69) is 20.5 Å². The number of nitrogens with zero attached hydrogens (tertiary/aromatic N) is 3. The second kappa shape index (κ2) is 7.44. The maximum atomic E-state index is 12.1. The molecule has 0 aliphatic carbocycles. The first kappa shape index (κ1) is 16.4. The minimum absolute atomic E-state index is 0.145. The lowest BCUT2D eigenvalue weighted by Crippen LogP contribution is -2.17. The van der Waals surface area contributed by atoms with Gasteiger partial charge in [-0.25, -0.2) is 0 Å². The molecule has 0 saturated heterocycles. The smallest absolute Gasteiger partial charge is 0.277 e. The number of hydrogen-bond acceptors (Lipinski definition) is 8. The maximum absolute atomic E-state index is 12.1. The summed E-state index contributed by atoms with van der Waals surface area (Å²) in [6.45, 7) is 1.03. The van der Waals surface area contributed by atoms with Crippen molar-refractivity contribution in [3.05, 3.63) is 42.7 Å². The number of rotatable bonds is 5. The third-order valence-corrected chi connectivity index (χ3v) is 4.30. The van der Waals surface area contributed by atoms with E-state index >= 15 is 0 Å². The molecule has 0 atom stereocenters. The van der Waals surface area contributed by atoms with Crippen molar-refractivity contribution in [1.82, 2.24) is 15.2 Å². The van der Waals surface area contributed by atoms with E-state index in [9.17, 15) is 4.79 Å². The van der Waals surface area contributed by atoms with Gasteiger partial charge in [0.2, 0.25) is 11.8 Å². The molecule has 1 aliphatic rings. The summed E-state index contributed by atoms with van der Waals surface area (Å²) < 4.78 is 16.5. The fraction of sp³-hybridized carbons (Fsp3) is 0.176. The van der Waals surface area contributed by atoms with Gasteiger partial charge in [-0.3, -0.25) is 9.78 Å². The lowest BCUT2D eigenvalue weighted by atomic mass is 10.2. The Bertz CT molecular complexity index is 916. The van der Waals surface area contributed by atoms with Crippen molar-refractivity contribution >= 4 is 23.4 Å². The summed E-state index contributed by atoms with van der Waals surface area (Å²) >= 11 is 1.17. The lowest BCUT2D eigenvalue weighted by molar-refractivity contribution is -0.113. The summed E-state index contributed by atoms with van der Waals surface area (Å²) in [5, 5.41) is 11.0. The van der Waals surface area contributed by atoms with Crippen molar-refractivity contribution in [3.63, 3.8) is 0 Å². The van der Waals surface area contributed by atoms with Gasteiger partial charge in [0.1, 0.15) is 13.2 Å². The van der Waals surface area contributed by atoms with Gasteiger partial charge in [0.25, 0.3) is 5.22 Å². The van der Waals surface area contributed by atoms with E-state index in [4.69, 9.17) is 13.9 Å². The van der Waals surface area contributed by atoms with Crippen LogP contribution in [0.3, 0.4) is 0 Å². The molecule has 132 valence electrons. The summed E-state index contributed by atoms with van der Waals surface area (Å²) in [5.41, 5.74) is 1.42. The molecule has 1 aromatic carbocycles. The zero-order valence-electron chi connectivity index (χ0n) is 13.5. The van der Waals surface area contributed by atoms with Gasteiger partial charge in [0, 0.05) is 29.7 Å². The highest BCUT2D eigenvalue weighted by Crippen LogP contribution is 2.32. The van der Waals surface area contributed by atoms with Gasteiger partial charge in [0.05, 0.1) is 5.75 Å². The Balaban J connectivity index is 1.34. The highest BCUT2D eigenvalue weighted by molar-refractivity contribution is 7.99. The molecule has 0 radical (unpaired) electrons. The number of thioether (sulfide) groups is 1. The number of anilines is 1. The molecule has 0 unspecified atom stereocenters. The number of benzene rings is 1. The van der Waals surface area contributed by atoms with E-state index in [-0.39, 0.29) is 11.7 Å². The molecule has 8 nitrogen and oxygen atoms in total. The van der Waals surface area contributed by atoms with Crippen molar-refractivity contribution in [2.45, 2.75) is 5.22 Å². The third-order valence-electron chi connectivity index (χ3n) is 3.49. The number of hydrogen-bond donors (Lipinski definition) is 1. The number of carbonyl (C=O) groups is 1. The summed E-state index contributed by atoms with van der Waals surface area (Å²) in [6.07, 6.45) is 3.29. The lowest BCUT2D eigenvalue weighted by Gasteiger charge is -2.18. The van der Waals surface area contributed by atoms with Crippen molar-refractivity contribution in [1.29, 1.82) is 0 Å². The van der Waals surface area contributed by atoms with Gasteiger partial charge < -0.3 is 19.2 Å². The van der Waals surface area contributed by atoms with Crippen LogP contribution in [0.4, 0.5) is 5.69 Å². The Labute approximate surface area is 152 Å². The number of amides is 1. The first-order chi connectivity index (χ1) is 12.8. The van der Waals surface area contributed by atoms with Crippen LogP contribution in [0, 0.1) is 0 Å². The predicted octanol–water partition coefficient (Wildman–Crippen LogP) is 2.63. The molecule has 0 fully saturated rings. The average Bonchev–Trinajstić information content (AvgIpc) is 3.16. The summed E-state index contributed by atoms with van der Waals surface area (Å²) in [5.74, 6) is 1.66. The second-order valence-corrected chi connectivity index (χ2v) is 6.23. The van der Waals surface area contributed by atoms with Crippen LogP contribution in [0.1, 0.15) is 0 Å². The first-order valence-electron chi connectivity index (χ1n) is 7.84. The maximum Gasteiger partial charge on any atom is 0.277 e. The van der Waals surface area contributed by atoms with Crippen LogP contribution >= 0.6 is 11.8 Å². The number of nitrogens with one attached hydrogen (secondary N) is 1. The molecular formula is C17H14N4O4S. The summed E-state index contributed by atoms with van der Waals surface area (Å²) in [6, 6.07) is 8.83. The predicted molar refractivity (Wildman–Crippen MR) is 94.3 cm³/mol. The Morgan fingerprint density at radius 1 is 1.08 bits per heavy atom. The zero-order chi connectivity index (χ0) is 17.8. The van der Waals surface area contributed by atoms with Crippen LogP contribution < -0.4 is 14.8 Å². The molecule has 26 heavy (non-hydrogen) atoms. The summed E-state index contributed by atoms with van der Waals surface area (Å²) in [7, 11) is 0. The van der Waals surface area contributed by atoms with E-state index < -0.39 is 0 Å². The molecule has 0 spiro atoms. The Morgan fingerprint density at radius 2 is 1.88 bits per heavy atom. The van der Waals surface area contributed by atoms with Crippen molar-refractivity contribution in [2.75, 3.05) is 24.3 Å². The number of aromatic nitrogens is 3. The monoisotopic (exact) mass is 370 g/mol. The number of fused-ring (bicyclic) bond motifs is 1. The van der Waals surface area contributed by atoms with Gasteiger partial charge in [0.15, 0.2) is 11.5 Å². The molecule has 1 amide bonds. The van der Waals surface area contributed by atoms with Gasteiger partial charge >= 0.3 is 0 Å². The van der Waals surface area contributed by atoms with Crippen LogP contribution in [0.2, 0.25) is 0 Å². The molecule has 1 aliphatic heterocycles. The van der Waals surface area contributed by atoms with Crippen LogP contribution in [-0.4, -0.2) is 40.1 Å². The normalized spacial score (nSPS) is 12.6. The Hall–Kier alpha value is -3.07. The van der Waals surface area contributed by atoms with Crippen molar-refractivity contribution < 1.29 is 18.7 Å². The molecular weight excluding hydrogens is 356 g/mol. The molecule has 3 heterocycles. The van der Waals surface area contributed by atoms with Crippen LogP contribution in [0.15, 0.2) is 52.4 Å². The standard InChI is InChI=1S/C17H14N4O4S/c22-15(19-12-1-2-13-14(9-12)24-8-7-23-13)10-26-17-21-20-16(25-17)11-3-5-18-6-4-11/h1-6,9H,7-8,10H2,(H,19,22). The second-order valence-electron chi connectivity index (χ2n) is 5.30. The number of pyridine rings is 1. The van der Waals surface area contributed by atoms with E-state index in [1.165, 1.54) is 11.8 Å². The van der Waals surface area contributed by atoms with E-state index in [0.717, 1.165) is 5.56 Å². The quantitative estimate of drug-likeness (QED) is 0.684. The molecule has 9 heteroatoms. The van der Waals surface area contributed by atoms with Crippen LogP contribution in [-0.2, 0) is 4.79 Å². The number of ether oxygens (including phenoxy) is 2. The molecule has 0 saturated carbocycles. The van der Waals surface area contributed by atoms with Crippen molar-refractivity contribution in [3.8, 4) is 23.0 Å². The van der Waals surface area contributed by atoms with Gasteiger partial charge in [-0.05, 0) is 24.3 Å². The van der Waals surface area contributed by atoms with Gasteiger partial charge in [-0.15, -0.1) is 10.2 Å². The van der Waals surface area contributed by atoms with Crippen molar-refractivity contribution in [2.24, 2.45) is 0 Å². The average molecular weight is 370 g/mol. The Kier molecular flexibility index (Phi) is 4.69. The minimum Gasteiger partial charge on any atom is -0.486 e. The zero-order valence-corrected chi connectivity index (χ0v) is 14.4. The number of carbonyl (C=O) groups excluding carboxylic acids is 1. The molecule has 1 N–H and O–H groups in total. The fourth-order valence-corrected chi connectivity index (χ4v) is 2.89. The third kappa shape index (κ3) is 3.77. The first-order valence-corrected chi connectivity index (χ1v) is 8.83. The highest BCUT2D eigenvalue weighted by atomic mass is 32.2. The minimum atomic E-state index is -0.185. The molecule has 0 bridgehead atoms. The van der Waals surface area contributed by atoms with E-state index in [1.807, 2.05) is 0 Å². The van der Waals surface area contributed by atoms with Gasteiger partial charge in [-0.1, -0.05) is 11.8 Å². The molecule has 3 aromatic rings. The topological polar surface area (TPSA) is 99.4 Å². The fourth-order valence-electron chi connectivity index (χ4n) is 2.32. The van der Waals surface area contributed by atoms with Crippen LogP contribution in [0.5, 0.6) is 11.5 Å². The van der Waals surface area contributed by atoms with Gasteiger partial charge in [-0.2, -0.15) is 0 Å². The molecule has 4 rings (SSSR count). The SMILES string of the molecule is O=C(CSc1nnc(-c2ccncc2)o1)Nc1ccc2c(c1)OCCO2.